The third-order valence-electron chi connectivity index (χ3n) is 3.74. The van der Waals surface area contributed by atoms with Gasteiger partial charge in [0.15, 0.2) is 0 Å². The molecule has 0 bridgehead atoms. The van der Waals surface area contributed by atoms with Crippen LogP contribution in [-0.2, 0) is 20.9 Å². The lowest BCUT2D eigenvalue weighted by molar-refractivity contribution is -0.134. The van der Waals surface area contributed by atoms with Gasteiger partial charge in [0.1, 0.15) is 0 Å². The van der Waals surface area contributed by atoms with E-state index in [4.69, 9.17) is 15.2 Å². The first-order valence-corrected chi connectivity index (χ1v) is 7.40. The van der Waals surface area contributed by atoms with Crippen LogP contribution in [0.15, 0.2) is 24.3 Å². The summed E-state index contributed by atoms with van der Waals surface area (Å²) < 4.78 is 10.6. The first kappa shape index (κ1) is 16.5. The molecule has 1 aromatic rings. The van der Waals surface area contributed by atoms with Gasteiger partial charge in [0.2, 0.25) is 5.91 Å². The SMILES string of the molecule is COC(=O)c1cccc(COC2CCCN(C(=O)CN)C2)c1. The number of rotatable bonds is 5. The largest absolute Gasteiger partial charge is 0.465 e. The maximum Gasteiger partial charge on any atom is 0.337 e. The Morgan fingerprint density at radius 2 is 2.23 bits per heavy atom. The van der Waals surface area contributed by atoms with Gasteiger partial charge in [-0.3, -0.25) is 4.79 Å². The summed E-state index contributed by atoms with van der Waals surface area (Å²) in [5, 5.41) is 0. The minimum Gasteiger partial charge on any atom is -0.465 e. The van der Waals surface area contributed by atoms with Crippen molar-refractivity contribution in [1.29, 1.82) is 0 Å². The fourth-order valence-electron chi connectivity index (χ4n) is 2.55. The Hall–Kier alpha value is -1.92. The van der Waals surface area contributed by atoms with Crippen LogP contribution in [-0.4, -0.2) is 49.6 Å². The first-order valence-electron chi connectivity index (χ1n) is 7.40. The molecule has 1 aliphatic rings. The quantitative estimate of drug-likeness (QED) is 0.819. The number of likely N-dealkylation sites (tertiary alicyclic amines) is 1. The minimum atomic E-state index is -0.362. The maximum absolute atomic E-state index is 11.6. The first-order chi connectivity index (χ1) is 10.6. The highest BCUT2D eigenvalue weighted by Gasteiger charge is 2.23. The Morgan fingerprint density at radius 3 is 2.95 bits per heavy atom. The molecule has 22 heavy (non-hydrogen) atoms. The highest BCUT2D eigenvalue weighted by Crippen LogP contribution is 2.16. The molecule has 2 rings (SSSR count). The number of ether oxygens (including phenoxy) is 2. The van der Waals surface area contributed by atoms with Crippen molar-refractivity contribution >= 4 is 11.9 Å². The van der Waals surface area contributed by atoms with E-state index in [-0.39, 0.29) is 24.5 Å². The number of carbonyl (C=O) groups excluding carboxylic acids is 2. The molecule has 0 spiro atoms. The van der Waals surface area contributed by atoms with Gasteiger partial charge in [-0.2, -0.15) is 0 Å². The van der Waals surface area contributed by atoms with Crippen LogP contribution in [0, 0.1) is 0 Å². The molecule has 120 valence electrons. The zero-order valence-corrected chi connectivity index (χ0v) is 12.8. The standard InChI is InChI=1S/C16H22N2O4/c1-21-16(20)13-5-2-4-12(8-13)11-22-14-6-3-7-18(10-14)15(19)9-17/h2,4-5,8,14H,3,6-7,9-11,17H2,1H3. The number of nitrogens with two attached hydrogens (primary N) is 1. The number of esters is 1. The van der Waals surface area contributed by atoms with Crippen molar-refractivity contribution < 1.29 is 19.1 Å². The summed E-state index contributed by atoms with van der Waals surface area (Å²) in [7, 11) is 1.36. The van der Waals surface area contributed by atoms with E-state index in [0.29, 0.717) is 18.7 Å². The zero-order valence-electron chi connectivity index (χ0n) is 12.8. The predicted octanol–water partition coefficient (Wildman–Crippen LogP) is 0.940. The average Bonchev–Trinajstić information content (AvgIpc) is 2.59. The number of methoxy groups -OCH3 is 1. The molecule has 1 heterocycles. The van der Waals surface area contributed by atoms with E-state index in [1.807, 2.05) is 6.07 Å². The summed E-state index contributed by atoms with van der Waals surface area (Å²) in [6.07, 6.45) is 1.84. The van der Waals surface area contributed by atoms with Gasteiger partial charge in [0.05, 0.1) is 31.9 Å². The summed E-state index contributed by atoms with van der Waals surface area (Å²) in [5.41, 5.74) is 6.81. The predicted molar refractivity (Wildman–Crippen MR) is 81.2 cm³/mol. The third kappa shape index (κ3) is 4.29. The van der Waals surface area contributed by atoms with Crippen LogP contribution in [0.3, 0.4) is 0 Å². The molecule has 1 fully saturated rings. The maximum atomic E-state index is 11.6. The van der Waals surface area contributed by atoms with E-state index in [9.17, 15) is 9.59 Å². The lowest BCUT2D eigenvalue weighted by atomic mass is 10.1. The Balaban J connectivity index is 1.90. The smallest absolute Gasteiger partial charge is 0.337 e. The van der Waals surface area contributed by atoms with Crippen molar-refractivity contribution in [3.8, 4) is 0 Å². The number of piperidine rings is 1. The van der Waals surface area contributed by atoms with Crippen molar-refractivity contribution in [2.75, 3.05) is 26.7 Å². The molecule has 1 aromatic carbocycles. The molecule has 1 atom stereocenters. The molecule has 1 aliphatic heterocycles. The van der Waals surface area contributed by atoms with Crippen LogP contribution < -0.4 is 5.73 Å². The van der Waals surface area contributed by atoms with Crippen molar-refractivity contribution in [3.05, 3.63) is 35.4 Å². The van der Waals surface area contributed by atoms with Crippen molar-refractivity contribution in [2.24, 2.45) is 5.73 Å². The van der Waals surface area contributed by atoms with Crippen molar-refractivity contribution in [3.63, 3.8) is 0 Å². The highest BCUT2D eigenvalue weighted by atomic mass is 16.5. The number of hydrogen-bond donors (Lipinski definition) is 1. The van der Waals surface area contributed by atoms with Crippen LogP contribution in [0.5, 0.6) is 0 Å². The minimum absolute atomic E-state index is 0.00559. The van der Waals surface area contributed by atoms with Crippen LogP contribution in [0.25, 0.3) is 0 Å². The van der Waals surface area contributed by atoms with E-state index < -0.39 is 0 Å². The molecular weight excluding hydrogens is 284 g/mol. The molecular formula is C16H22N2O4. The second kappa shape index (κ2) is 7.91. The molecule has 1 unspecified atom stereocenters. The summed E-state index contributed by atoms with van der Waals surface area (Å²) in [6, 6.07) is 7.17. The van der Waals surface area contributed by atoms with E-state index in [1.165, 1.54) is 7.11 Å². The van der Waals surface area contributed by atoms with Gasteiger partial charge in [-0.15, -0.1) is 0 Å². The average molecular weight is 306 g/mol. The van der Waals surface area contributed by atoms with Gasteiger partial charge >= 0.3 is 5.97 Å². The number of hydrogen-bond acceptors (Lipinski definition) is 5. The Kier molecular flexibility index (Phi) is 5.91. The van der Waals surface area contributed by atoms with E-state index >= 15 is 0 Å². The number of amides is 1. The molecule has 0 aliphatic carbocycles. The van der Waals surface area contributed by atoms with Gasteiger partial charge < -0.3 is 20.1 Å². The lowest BCUT2D eigenvalue weighted by Gasteiger charge is -2.32. The van der Waals surface area contributed by atoms with E-state index in [2.05, 4.69) is 0 Å². The molecule has 0 radical (unpaired) electrons. The zero-order chi connectivity index (χ0) is 15.9. The van der Waals surface area contributed by atoms with Crippen LogP contribution in [0.2, 0.25) is 0 Å². The fraction of sp³-hybridized carbons (Fsp3) is 0.500. The lowest BCUT2D eigenvalue weighted by Crippen LogP contribution is -2.45. The van der Waals surface area contributed by atoms with Gasteiger partial charge in [-0.1, -0.05) is 12.1 Å². The molecule has 2 N–H and O–H groups in total. The summed E-state index contributed by atoms with van der Waals surface area (Å²) >= 11 is 0. The topological polar surface area (TPSA) is 81.9 Å². The Bertz CT molecular complexity index is 533. The molecule has 1 saturated heterocycles. The molecule has 1 amide bonds. The van der Waals surface area contributed by atoms with Crippen LogP contribution >= 0.6 is 0 Å². The third-order valence-corrected chi connectivity index (χ3v) is 3.74. The summed E-state index contributed by atoms with van der Waals surface area (Å²) in [6.45, 7) is 1.76. The highest BCUT2D eigenvalue weighted by molar-refractivity contribution is 5.89. The van der Waals surface area contributed by atoms with Gasteiger partial charge in [0, 0.05) is 13.1 Å². The van der Waals surface area contributed by atoms with E-state index in [0.717, 1.165) is 24.9 Å². The Labute approximate surface area is 130 Å². The second-order valence-electron chi connectivity index (χ2n) is 5.31. The van der Waals surface area contributed by atoms with E-state index in [1.54, 1.807) is 23.1 Å². The van der Waals surface area contributed by atoms with Gasteiger partial charge in [-0.25, -0.2) is 4.79 Å². The molecule has 6 nitrogen and oxygen atoms in total. The van der Waals surface area contributed by atoms with Gasteiger partial charge in [0.25, 0.3) is 0 Å². The Morgan fingerprint density at radius 1 is 1.41 bits per heavy atom. The number of nitrogens with zero attached hydrogens (tertiary/aromatic N) is 1. The fourth-order valence-corrected chi connectivity index (χ4v) is 2.55. The molecule has 6 heteroatoms. The number of carbonyl (C=O) groups is 2. The number of benzene rings is 1. The van der Waals surface area contributed by atoms with Crippen LogP contribution in [0.4, 0.5) is 0 Å². The summed E-state index contributed by atoms with van der Waals surface area (Å²) in [4.78, 5) is 24.9. The van der Waals surface area contributed by atoms with Crippen molar-refractivity contribution in [2.45, 2.75) is 25.6 Å². The summed E-state index contributed by atoms with van der Waals surface area (Å²) in [5.74, 6) is -0.403. The molecule has 0 aromatic heterocycles. The van der Waals surface area contributed by atoms with Crippen molar-refractivity contribution in [1.82, 2.24) is 4.90 Å². The van der Waals surface area contributed by atoms with Crippen LogP contribution in [0.1, 0.15) is 28.8 Å². The second-order valence-corrected chi connectivity index (χ2v) is 5.31. The monoisotopic (exact) mass is 306 g/mol. The molecule has 0 saturated carbocycles. The van der Waals surface area contributed by atoms with Gasteiger partial charge in [-0.05, 0) is 30.5 Å². The normalized spacial score (nSPS) is 18.1.